The highest BCUT2D eigenvalue weighted by molar-refractivity contribution is 5.00. The summed E-state index contributed by atoms with van der Waals surface area (Å²) in [6, 6.07) is 0. The molecule has 0 radical (unpaired) electrons. The molecule has 0 saturated carbocycles. The molecular formula is C13H30N2O. The van der Waals surface area contributed by atoms with Crippen molar-refractivity contribution in [3.8, 4) is 0 Å². The van der Waals surface area contributed by atoms with E-state index in [-0.39, 0.29) is 5.54 Å². The van der Waals surface area contributed by atoms with Crippen LogP contribution in [0.25, 0.3) is 0 Å². The van der Waals surface area contributed by atoms with Gasteiger partial charge in [0.15, 0.2) is 0 Å². The van der Waals surface area contributed by atoms with Gasteiger partial charge in [0, 0.05) is 0 Å². The van der Waals surface area contributed by atoms with Gasteiger partial charge in [0.05, 0.1) is 5.54 Å². The van der Waals surface area contributed by atoms with E-state index in [1.807, 2.05) is 6.92 Å². The third-order valence-corrected chi connectivity index (χ3v) is 4.01. The fourth-order valence-electron chi connectivity index (χ4n) is 2.82. The summed E-state index contributed by atoms with van der Waals surface area (Å²) in [5, 5.41) is 14.4. The minimum absolute atomic E-state index is 0.215. The second kappa shape index (κ2) is 6.58. The fraction of sp³-hybridized carbons (Fsp3) is 1.00. The molecule has 3 nitrogen and oxygen atoms in total. The van der Waals surface area contributed by atoms with Gasteiger partial charge < -0.3 is 10.4 Å². The van der Waals surface area contributed by atoms with Gasteiger partial charge in [-0.3, -0.25) is 4.90 Å². The largest absolute Gasteiger partial charge is 0.374 e. The maximum absolute atomic E-state index is 10.9. The third-order valence-electron chi connectivity index (χ3n) is 4.01. The van der Waals surface area contributed by atoms with Crippen molar-refractivity contribution in [2.24, 2.45) is 0 Å². The van der Waals surface area contributed by atoms with Gasteiger partial charge in [0.25, 0.3) is 0 Å². The van der Waals surface area contributed by atoms with Crippen LogP contribution in [0, 0.1) is 0 Å². The molecule has 0 bridgehead atoms. The molecule has 0 fully saturated rings. The van der Waals surface area contributed by atoms with Crippen LogP contribution in [0.1, 0.15) is 54.4 Å². The second-order valence-corrected chi connectivity index (χ2v) is 4.51. The highest BCUT2D eigenvalue weighted by atomic mass is 16.3. The van der Waals surface area contributed by atoms with E-state index in [4.69, 9.17) is 0 Å². The van der Waals surface area contributed by atoms with Gasteiger partial charge in [-0.15, -0.1) is 0 Å². The molecule has 1 unspecified atom stereocenters. The van der Waals surface area contributed by atoms with Crippen LogP contribution in [0.3, 0.4) is 0 Å². The van der Waals surface area contributed by atoms with Crippen molar-refractivity contribution < 1.29 is 5.11 Å². The summed E-state index contributed by atoms with van der Waals surface area (Å²) < 4.78 is 0. The summed E-state index contributed by atoms with van der Waals surface area (Å²) in [6.07, 6.45) is 1.86. The lowest BCUT2D eigenvalue weighted by Crippen LogP contribution is -2.68. The normalized spacial score (nSPS) is 16.5. The molecule has 0 aliphatic heterocycles. The Kier molecular flexibility index (Phi) is 6.53. The Morgan fingerprint density at radius 3 is 1.69 bits per heavy atom. The monoisotopic (exact) mass is 230 g/mol. The number of nitrogens with one attached hydrogen (secondary N) is 1. The molecule has 3 heteroatoms. The number of aliphatic hydroxyl groups is 1. The van der Waals surface area contributed by atoms with Crippen molar-refractivity contribution in [2.75, 3.05) is 19.6 Å². The molecule has 0 rings (SSSR count). The Morgan fingerprint density at radius 2 is 1.44 bits per heavy atom. The Morgan fingerprint density at radius 1 is 1.00 bits per heavy atom. The number of hydrogen-bond donors (Lipinski definition) is 2. The van der Waals surface area contributed by atoms with Gasteiger partial charge in [-0.2, -0.15) is 0 Å². The number of nitrogens with zero attached hydrogens (tertiary/aromatic N) is 1. The fourth-order valence-corrected chi connectivity index (χ4v) is 2.82. The molecule has 1 atom stereocenters. The quantitative estimate of drug-likeness (QED) is 0.628. The Bertz CT molecular complexity index is 184. The van der Waals surface area contributed by atoms with E-state index in [0.29, 0.717) is 0 Å². The lowest BCUT2D eigenvalue weighted by atomic mass is 9.81. The van der Waals surface area contributed by atoms with Crippen molar-refractivity contribution in [3.63, 3.8) is 0 Å². The van der Waals surface area contributed by atoms with E-state index in [1.54, 1.807) is 0 Å². The summed E-state index contributed by atoms with van der Waals surface area (Å²) >= 11 is 0. The molecule has 0 aromatic rings. The maximum Gasteiger partial charge on any atom is 0.133 e. The molecule has 0 aliphatic rings. The van der Waals surface area contributed by atoms with Crippen molar-refractivity contribution in [3.05, 3.63) is 0 Å². The zero-order valence-corrected chi connectivity index (χ0v) is 11.9. The van der Waals surface area contributed by atoms with Crippen molar-refractivity contribution >= 4 is 0 Å². The zero-order valence-electron chi connectivity index (χ0n) is 11.9. The first-order valence-corrected chi connectivity index (χ1v) is 6.68. The third kappa shape index (κ3) is 2.76. The predicted octanol–water partition coefficient (Wildman–Crippen LogP) is 2.21. The van der Waals surface area contributed by atoms with Crippen LogP contribution >= 0.6 is 0 Å². The average molecular weight is 230 g/mol. The first kappa shape index (κ1) is 15.9. The molecule has 16 heavy (non-hydrogen) atoms. The minimum Gasteiger partial charge on any atom is -0.374 e. The SMILES string of the molecule is CCNC(CC)(CC)C(C)(O)N(CC)CC. The minimum atomic E-state index is -0.796. The molecule has 2 N–H and O–H groups in total. The molecule has 0 spiro atoms. The van der Waals surface area contributed by atoms with Crippen molar-refractivity contribution in [1.82, 2.24) is 10.2 Å². The van der Waals surface area contributed by atoms with E-state index < -0.39 is 5.72 Å². The van der Waals surface area contributed by atoms with Gasteiger partial charge in [-0.1, -0.05) is 34.6 Å². The topological polar surface area (TPSA) is 35.5 Å². The highest BCUT2D eigenvalue weighted by Crippen LogP contribution is 2.32. The zero-order chi connectivity index (χ0) is 12.8. The molecule has 0 heterocycles. The molecule has 0 aromatic heterocycles. The first-order valence-electron chi connectivity index (χ1n) is 6.68. The molecule has 98 valence electrons. The van der Waals surface area contributed by atoms with E-state index in [9.17, 15) is 5.11 Å². The van der Waals surface area contributed by atoms with E-state index in [0.717, 1.165) is 32.5 Å². The number of hydrogen-bond acceptors (Lipinski definition) is 3. The number of likely N-dealkylation sites (N-methyl/N-ethyl adjacent to an activating group) is 2. The van der Waals surface area contributed by atoms with E-state index >= 15 is 0 Å². The van der Waals surface area contributed by atoms with Gasteiger partial charge in [0.2, 0.25) is 0 Å². The Balaban J connectivity index is 5.14. The van der Waals surface area contributed by atoms with Crippen LogP contribution < -0.4 is 5.32 Å². The first-order chi connectivity index (χ1) is 7.45. The predicted molar refractivity (Wildman–Crippen MR) is 70.5 cm³/mol. The Labute approximate surface area is 101 Å². The van der Waals surface area contributed by atoms with Crippen LogP contribution in [-0.4, -0.2) is 40.9 Å². The van der Waals surface area contributed by atoms with Crippen LogP contribution in [0.15, 0.2) is 0 Å². The molecular weight excluding hydrogens is 200 g/mol. The van der Waals surface area contributed by atoms with Crippen LogP contribution in [-0.2, 0) is 0 Å². The van der Waals surface area contributed by atoms with Crippen LogP contribution in [0.5, 0.6) is 0 Å². The standard InChI is InChI=1S/C13H30N2O/c1-7-13(8-2,14-9-3)12(6,16)15(10-4)11-5/h14,16H,7-11H2,1-6H3. The molecule has 0 amide bonds. The highest BCUT2D eigenvalue weighted by Gasteiger charge is 2.46. The average Bonchev–Trinajstić information content (AvgIpc) is 2.27. The van der Waals surface area contributed by atoms with Crippen LogP contribution in [0.2, 0.25) is 0 Å². The number of rotatable bonds is 8. The van der Waals surface area contributed by atoms with Crippen LogP contribution in [0.4, 0.5) is 0 Å². The molecule has 0 aromatic carbocycles. The van der Waals surface area contributed by atoms with Crippen molar-refractivity contribution in [1.29, 1.82) is 0 Å². The summed E-state index contributed by atoms with van der Waals surface area (Å²) in [5.41, 5.74) is -1.01. The smallest absolute Gasteiger partial charge is 0.133 e. The summed E-state index contributed by atoms with van der Waals surface area (Å²) in [7, 11) is 0. The Hall–Kier alpha value is -0.120. The maximum atomic E-state index is 10.9. The summed E-state index contributed by atoms with van der Waals surface area (Å²) in [4.78, 5) is 2.13. The van der Waals surface area contributed by atoms with Gasteiger partial charge in [0.1, 0.15) is 5.72 Å². The van der Waals surface area contributed by atoms with Crippen molar-refractivity contribution in [2.45, 2.75) is 65.6 Å². The van der Waals surface area contributed by atoms with Gasteiger partial charge in [-0.25, -0.2) is 0 Å². The lowest BCUT2D eigenvalue weighted by Gasteiger charge is -2.50. The summed E-state index contributed by atoms with van der Waals surface area (Å²) in [5.74, 6) is 0. The lowest BCUT2D eigenvalue weighted by molar-refractivity contribution is -0.157. The summed E-state index contributed by atoms with van der Waals surface area (Å²) in [6.45, 7) is 15.1. The van der Waals surface area contributed by atoms with Gasteiger partial charge in [-0.05, 0) is 39.4 Å². The van der Waals surface area contributed by atoms with E-state index in [2.05, 4.69) is 44.8 Å². The second-order valence-electron chi connectivity index (χ2n) is 4.51. The molecule has 0 saturated heterocycles. The van der Waals surface area contributed by atoms with E-state index in [1.165, 1.54) is 0 Å². The van der Waals surface area contributed by atoms with Gasteiger partial charge >= 0.3 is 0 Å². The molecule has 0 aliphatic carbocycles.